The van der Waals surface area contributed by atoms with E-state index in [2.05, 4.69) is 15.3 Å². The first-order valence-corrected chi connectivity index (χ1v) is 8.55. The molecule has 0 amide bonds. The van der Waals surface area contributed by atoms with Crippen molar-refractivity contribution in [2.24, 2.45) is 0 Å². The number of imidazole rings is 1. The van der Waals surface area contributed by atoms with E-state index >= 15 is 0 Å². The number of rotatable bonds is 5. The van der Waals surface area contributed by atoms with E-state index < -0.39 is 0 Å². The van der Waals surface area contributed by atoms with Crippen molar-refractivity contribution in [1.82, 2.24) is 14.4 Å². The highest BCUT2D eigenvalue weighted by Gasteiger charge is 2.12. The Morgan fingerprint density at radius 1 is 1.15 bits per heavy atom. The molecule has 6 nitrogen and oxygen atoms in total. The molecule has 0 atom stereocenters. The highest BCUT2D eigenvalue weighted by molar-refractivity contribution is 6.32. The number of hydrogen-bond donors (Lipinski definition) is 1. The van der Waals surface area contributed by atoms with Crippen LogP contribution < -0.4 is 10.1 Å². The molecule has 0 radical (unpaired) electrons. The molecule has 2 aromatic carbocycles. The quantitative estimate of drug-likeness (QED) is 0.513. The van der Waals surface area contributed by atoms with Gasteiger partial charge in [-0.15, -0.1) is 0 Å². The van der Waals surface area contributed by atoms with Crippen LogP contribution in [-0.4, -0.2) is 27.8 Å². The van der Waals surface area contributed by atoms with Gasteiger partial charge >= 0.3 is 0 Å². The van der Waals surface area contributed by atoms with Crippen LogP contribution in [0.4, 0.5) is 11.5 Å². The van der Waals surface area contributed by atoms with E-state index in [4.69, 9.17) is 16.3 Å². The number of fused-ring (bicyclic) bond motifs is 1. The fourth-order valence-corrected chi connectivity index (χ4v) is 3.09. The minimum Gasteiger partial charge on any atom is -0.495 e. The van der Waals surface area contributed by atoms with Crippen molar-refractivity contribution in [1.29, 1.82) is 0 Å². The molecule has 0 bridgehead atoms. The summed E-state index contributed by atoms with van der Waals surface area (Å²) < 4.78 is 7.15. The molecule has 0 unspecified atom stereocenters. The monoisotopic (exact) mass is 378 g/mol. The van der Waals surface area contributed by atoms with E-state index in [1.807, 2.05) is 40.9 Å². The van der Waals surface area contributed by atoms with Gasteiger partial charge in [0.1, 0.15) is 12.0 Å². The average molecular weight is 379 g/mol. The maximum Gasteiger partial charge on any atom is 0.180 e. The molecule has 0 saturated carbocycles. The number of aldehydes is 1. The number of nitrogens with zero attached hydrogens (tertiary/aromatic N) is 3. The van der Waals surface area contributed by atoms with Crippen LogP contribution in [0.15, 0.2) is 61.1 Å². The zero-order valence-corrected chi connectivity index (χ0v) is 15.1. The van der Waals surface area contributed by atoms with Crippen LogP contribution in [0.25, 0.3) is 16.9 Å². The van der Waals surface area contributed by atoms with Gasteiger partial charge < -0.3 is 10.1 Å². The summed E-state index contributed by atoms with van der Waals surface area (Å²) in [6.07, 6.45) is 6.13. The largest absolute Gasteiger partial charge is 0.495 e. The number of anilines is 2. The molecule has 0 aliphatic rings. The molecular formula is C20H15ClN4O2. The van der Waals surface area contributed by atoms with Crippen molar-refractivity contribution in [3.8, 4) is 17.0 Å². The fraction of sp³-hybridized carbons (Fsp3) is 0.0500. The van der Waals surface area contributed by atoms with Crippen molar-refractivity contribution in [2.45, 2.75) is 0 Å². The number of aromatic nitrogens is 3. The topological polar surface area (TPSA) is 68.5 Å². The van der Waals surface area contributed by atoms with Crippen molar-refractivity contribution in [2.75, 3.05) is 12.4 Å². The standard InChI is InChI=1S/C20H15ClN4O2/c1-27-18-7-4-14(10-16(18)21)17-11-23-20-19(22-8-9-25(17)20)24-15-5-2-13(12-26)3-6-15/h2-12H,1H3,(H,22,24). The number of halogens is 1. The Morgan fingerprint density at radius 2 is 1.96 bits per heavy atom. The van der Waals surface area contributed by atoms with Crippen LogP contribution in [0, 0.1) is 0 Å². The second-order valence-electron chi connectivity index (χ2n) is 5.83. The predicted octanol–water partition coefficient (Wildman–Crippen LogP) is 4.61. The van der Waals surface area contributed by atoms with Crippen LogP contribution in [0.5, 0.6) is 5.75 Å². The van der Waals surface area contributed by atoms with Crippen LogP contribution >= 0.6 is 11.6 Å². The van der Waals surface area contributed by atoms with Crippen LogP contribution in [0.1, 0.15) is 10.4 Å². The minimum atomic E-state index is 0.535. The van der Waals surface area contributed by atoms with E-state index in [0.29, 0.717) is 27.8 Å². The Bertz CT molecular complexity index is 1120. The zero-order chi connectivity index (χ0) is 18.8. The van der Waals surface area contributed by atoms with E-state index in [0.717, 1.165) is 23.2 Å². The molecule has 7 heteroatoms. The highest BCUT2D eigenvalue weighted by Crippen LogP contribution is 2.31. The molecule has 2 aromatic heterocycles. The number of ether oxygens (including phenoxy) is 1. The molecule has 27 heavy (non-hydrogen) atoms. The lowest BCUT2D eigenvalue weighted by molar-refractivity contribution is 0.112. The number of carbonyl (C=O) groups is 1. The van der Waals surface area contributed by atoms with Gasteiger partial charge in [-0.1, -0.05) is 11.6 Å². The summed E-state index contributed by atoms with van der Waals surface area (Å²) in [5.41, 5.74) is 3.92. The Balaban J connectivity index is 1.72. The highest BCUT2D eigenvalue weighted by atomic mass is 35.5. The van der Waals surface area contributed by atoms with Crippen LogP contribution in [-0.2, 0) is 0 Å². The smallest absolute Gasteiger partial charge is 0.180 e. The van der Waals surface area contributed by atoms with Crippen LogP contribution in [0.3, 0.4) is 0 Å². The lowest BCUT2D eigenvalue weighted by Crippen LogP contribution is -1.98. The summed E-state index contributed by atoms with van der Waals surface area (Å²) in [6.45, 7) is 0. The Morgan fingerprint density at radius 3 is 2.67 bits per heavy atom. The van der Waals surface area contributed by atoms with Gasteiger partial charge in [-0.3, -0.25) is 9.20 Å². The lowest BCUT2D eigenvalue weighted by Gasteiger charge is -2.09. The summed E-state index contributed by atoms with van der Waals surface area (Å²) in [5, 5.41) is 3.77. The Hall–Kier alpha value is -3.38. The van der Waals surface area contributed by atoms with Crippen molar-refractivity contribution >= 4 is 35.0 Å². The third kappa shape index (κ3) is 3.22. The number of methoxy groups -OCH3 is 1. The third-order valence-electron chi connectivity index (χ3n) is 4.19. The number of benzene rings is 2. The maximum absolute atomic E-state index is 10.8. The van der Waals surface area contributed by atoms with Crippen molar-refractivity contribution in [3.05, 3.63) is 71.6 Å². The molecule has 134 valence electrons. The number of nitrogens with one attached hydrogen (secondary N) is 1. The Kier molecular flexibility index (Phi) is 4.48. The number of hydrogen-bond acceptors (Lipinski definition) is 5. The van der Waals surface area contributed by atoms with E-state index in [1.54, 1.807) is 31.6 Å². The van der Waals surface area contributed by atoms with Gasteiger partial charge in [0.2, 0.25) is 0 Å². The summed E-state index contributed by atoms with van der Waals surface area (Å²) in [7, 11) is 1.58. The van der Waals surface area contributed by atoms with Crippen molar-refractivity contribution in [3.63, 3.8) is 0 Å². The first kappa shape index (κ1) is 17.1. The molecule has 2 heterocycles. The van der Waals surface area contributed by atoms with E-state index in [-0.39, 0.29) is 0 Å². The summed E-state index contributed by atoms with van der Waals surface area (Å²) in [6, 6.07) is 12.7. The van der Waals surface area contributed by atoms with Gasteiger partial charge in [0, 0.05) is 29.2 Å². The number of carbonyl (C=O) groups excluding carboxylic acids is 1. The SMILES string of the molecule is COc1ccc(-c2cnc3c(Nc4ccc(C=O)cc4)nccn23)cc1Cl. The summed E-state index contributed by atoms with van der Waals surface area (Å²) >= 11 is 6.26. The average Bonchev–Trinajstić information content (AvgIpc) is 3.14. The lowest BCUT2D eigenvalue weighted by atomic mass is 10.1. The molecular weight excluding hydrogens is 364 g/mol. The fourth-order valence-electron chi connectivity index (χ4n) is 2.83. The maximum atomic E-state index is 10.8. The van der Waals surface area contributed by atoms with Gasteiger partial charge in [0.25, 0.3) is 0 Å². The third-order valence-corrected chi connectivity index (χ3v) is 4.48. The molecule has 4 aromatic rings. The summed E-state index contributed by atoms with van der Waals surface area (Å²) in [5.74, 6) is 1.24. The molecule has 0 saturated heterocycles. The molecule has 0 aliphatic carbocycles. The summed E-state index contributed by atoms with van der Waals surface area (Å²) in [4.78, 5) is 19.7. The van der Waals surface area contributed by atoms with E-state index in [9.17, 15) is 4.79 Å². The van der Waals surface area contributed by atoms with Crippen LogP contribution in [0.2, 0.25) is 5.02 Å². The van der Waals surface area contributed by atoms with E-state index in [1.165, 1.54) is 0 Å². The van der Waals surface area contributed by atoms with Gasteiger partial charge in [0.15, 0.2) is 11.5 Å². The minimum absolute atomic E-state index is 0.535. The van der Waals surface area contributed by atoms with Gasteiger partial charge in [0.05, 0.1) is 24.0 Å². The molecule has 1 N–H and O–H groups in total. The first-order valence-electron chi connectivity index (χ1n) is 8.18. The first-order chi connectivity index (χ1) is 13.2. The second kappa shape index (κ2) is 7.09. The normalized spacial score (nSPS) is 10.7. The predicted molar refractivity (Wildman–Crippen MR) is 105 cm³/mol. The second-order valence-corrected chi connectivity index (χ2v) is 6.23. The Labute approximate surface area is 160 Å². The molecule has 0 spiro atoms. The van der Waals surface area contributed by atoms with Gasteiger partial charge in [-0.05, 0) is 42.5 Å². The molecule has 0 aliphatic heterocycles. The zero-order valence-electron chi connectivity index (χ0n) is 14.4. The molecule has 4 rings (SSSR count). The van der Waals surface area contributed by atoms with Gasteiger partial charge in [-0.2, -0.15) is 0 Å². The molecule has 0 fully saturated rings. The van der Waals surface area contributed by atoms with Gasteiger partial charge in [-0.25, -0.2) is 9.97 Å². The van der Waals surface area contributed by atoms with Crippen molar-refractivity contribution < 1.29 is 9.53 Å².